The first-order valence-electron chi connectivity index (χ1n) is 8.89. The molecule has 1 aliphatic rings. The van der Waals surface area contributed by atoms with Gasteiger partial charge in [0.05, 0.1) is 5.66 Å². The Labute approximate surface area is 155 Å². The molecular weight excluding hydrogens is 339 g/mol. The number of carbonyl (C=O) groups is 1. The van der Waals surface area contributed by atoms with Gasteiger partial charge in [0, 0.05) is 5.97 Å². The van der Waals surface area contributed by atoms with E-state index in [9.17, 15) is 0 Å². The molecule has 0 atom stereocenters. The number of aliphatic carboxylic acids is 1. The fourth-order valence-electron chi connectivity index (χ4n) is 3.53. The van der Waals surface area contributed by atoms with Gasteiger partial charge in [0.15, 0.2) is 0 Å². The SMILES string of the molecule is CC(=O)[O-].c1ccc([P+](c2ccccc2)(c2ccccc2)C2CC2)cc1. The van der Waals surface area contributed by atoms with E-state index in [1.807, 2.05) is 0 Å². The molecule has 0 amide bonds. The number of carboxylic acids is 1. The molecule has 0 spiro atoms. The summed E-state index contributed by atoms with van der Waals surface area (Å²) >= 11 is 0. The van der Waals surface area contributed by atoms with Crippen LogP contribution in [0.5, 0.6) is 0 Å². The summed E-state index contributed by atoms with van der Waals surface area (Å²) in [5, 5.41) is 13.5. The van der Waals surface area contributed by atoms with E-state index in [4.69, 9.17) is 9.90 Å². The lowest BCUT2D eigenvalue weighted by Gasteiger charge is -2.27. The van der Waals surface area contributed by atoms with E-state index < -0.39 is 13.2 Å². The summed E-state index contributed by atoms with van der Waals surface area (Å²) in [5.74, 6) is -1.08. The Hall–Kier alpha value is -2.44. The number of benzene rings is 3. The van der Waals surface area contributed by atoms with Crippen LogP contribution >= 0.6 is 7.26 Å². The zero-order valence-electron chi connectivity index (χ0n) is 14.9. The molecule has 0 bridgehead atoms. The molecule has 0 aliphatic heterocycles. The number of hydrogen-bond donors (Lipinski definition) is 0. The first-order chi connectivity index (χ1) is 12.7. The van der Waals surface area contributed by atoms with Gasteiger partial charge in [0.1, 0.15) is 23.2 Å². The van der Waals surface area contributed by atoms with Gasteiger partial charge in [0.2, 0.25) is 0 Å². The molecule has 3 aromatic rings. The van der Waals surface area contributed by atoms with E-state index in [0.29, 0.717) is 0 Å². The molecule has 26 heavy (non-hydrogen) atoms. The van der Waals surface area contributed by atoms with E-state index in [1.165, 1.54) is 28.8 Å². The van der Waals surface area contributed by atoms with Crippen LogP contribution in [-0.4, -0.2) is 11.6 Å². The summed E-state index contributed by atoms with van der Waals surface area (Å²) in [4.78, 5) is 8.89. The molecule has 4 rings (SSSR count). The second kappa shape index (κ2) is 8.29. The van der Waals surface area contributed by atoms with Gasteiger partial charge in [-0.15, -0.1) is 0 Å². The van der Waals surface area contributed by atoms with Crippen molar-refractivity contribution in [2.24, 2.45) is 0 Å². The van der Waals surface area contributed by atoms with E-state index in [2.05, 4.69) is 91.0 Å². The number of rotatable bonds is 4. The Kier molecular flexibility index (Phi) is 5.85. The molecule has 0 saturated heterocycles. The van der Waals surface area contributed by atoms with Crippen LogP contribution < -0.4 is 21.0 Å². The second-order valence-electron chi connectivity index (χ2n) is 6.45. The lowest BCUT2D eigenvalue weighted by Crippen LogP contribution is -2.34. The highest BCUT2D eigenvalue weighted by molar-refractivity contribution is 7.96. The molecule has 0 heterocycles. The maximum atomic E-state index is 8.89. The normalized spacial score (nSPS) is 13.4. The molecule has 1 fully saturated rings. The van der Waals surface area contributed by atoms with Crippen molar-refractivity contribution >= 4 is 29.1 Å². The molecule has 2 nitrogen and oxygen atoms in total. The average molecular weight is 362 g/mol. The first-order valence-corrected chi connectivity index (χ1v) is 10.7. The predicted octanol–water partition coefficient (Wildman–Crippen LogP) is 2.90. The van der Waals surface area contributed by atoms with Crippen molar-refractivity contribution < 1.29 is 9.90 Å². The predicted molar refractivity (Wildman–Crippen MR) is 109 cm³/mol. The molecule has 0 aromatic heterocycles. The highest BCUT2D eigenvalue weighted by atomic mass is 31.2. The summed E-state index contributed by atoms with van der Waals surface area (Å²) in [7, 11) is -1.51. The van der Waals surface area contributed by atoms with Gasteiger partial charge in [-0.25, -0.2) is 0 Å². The van der Waals surface area contributed by atoms with Crippen molar-refractivity contribution in [1.29, 1.82) is 0 Å². The minimum Gasteiger partial charge on any atom is -0.550 e. The second-order valence-corrected chi connectivity index (χ2v) is 10.2. The molecule has 132 valence electrons. The quantitative estimate of drug-likeness (QED) is 0.670. The maximum Gasteiger partial charge on any atom is 0.115 e. The van der Waals surface area contributed by atoms with Gasteiger partial charge in [0.25, 0.3) is 0 Å². The minimum absolute atomic E-state index is 0.805. The lowest BCUT2D eigenvalue weighted by molar-refractivity contribution is -0.302. The maximum absolute atomic E-state index is 8.89. The van der Waals surface area contributed by atoms with Crippen LogP contribution in [0.4, 0.5) is 0 Å². The standard InChI is InChI=1S/C21H20P.C2H4O2/c1-4-10-18(11-5-1)22(21-16-17-21,19-12-6-2-7-13-19)20-14-8-3-9-15-20;1-2(3)4/h1-15,21H,16-17H2;1H3,(H,3,4)/q+1;/p-1. The largest absolute Gasteiger partial charge is 0.550 e. The third-order valence-corrected chi connectivity index (χ3v) is 9.53. The van der Waals surface area contributed by atoms with Crippen molar-refractivity contribution in [3.05, 3.63) is 91.0 Å². The zero-order chi connectivity index (χ0) is 18.4. The fourth-order valence-corrected chi connectivity index (χ4v) is 8.54. The number of carbonyl (C=O) groups excluding carboxylic acids is 1. The van der Waals surface area contributed by atoms with Crippen molar-refractivity contribution in [2.45, 2.75) is 25.4 Å². The summed E-state index contributed by atoms with van der Waals surface area (Å²) in [6.07, 6.45) is 2.71. The third kappa shape index (κ3) is 3.86. The van der Waals surface area contributed by atoms with Crippen LogP contribution in [0.3, 0.4) is 0 Å². The number of carboxylic acid groups (broad SMARTS) is 1. The van der Waals surface area contributed by atoms with Crippen LogP contribution in [-0.2, 0) is 4.79 Å². The minimum atomic E-state index is -1.51. The summed E-state index contributed by atoms with van der Waals surface area (Å²) in [5.41, 5.74) is 0.805. The molecule has 1 saturated carbocycles. The van der Waals surface area contributed by atoms with E-state index in [1.54, 1.807) is 0 Å². The number of hydrogen-bond acceptors (Lipinski definition) is 2. The first kappa shape index (κ1) is 18.4. The topological polar surface area (TPSA) is 40.1 Å². The molecule has 0 radical (unpaired) electrons. The molecule has 0 N–H and O–H groups in total. The van der Waals surface area contributed by atoms with Crippen LogP contribution in [0.1, 0.15) is 19.8 Å². The average Bonchev–Trinajstić information content (AvgIpc) is 3.50. The summed E-state index contributed by atoms with van der Waals surface area (Å²) < 4.78 is 0. The monoisotopic (exact) mass is 362 g/mol. The van der Waals surface area contributed by atoms with Gasteiger partial charge in [-0.05, 0) is 56.2 Å². The fraction of sp³-hybridized carbons (Fsp3) is 0.174. The van der Waals surface area contributed by atoms with Gasteiger partial charge in [-0.2, -0.15) is 0 Å². The van der Waals surface area contributed by atoms with Crippen LogP contribution in [0.25, 0.3) is 0 Å². The highest BCUT2D eigenvalue weighted by Crippen LogP contribution is 2.67. The van der Waals surface area contributed by atoms with E-state index in [-0.39, 0.29) is 0 Å². The highest BCUT2D eigenvalue weighted by Gasteiger charge is 2.57. The van der Waals surface area contributed by atoms with Crippen LogP contribution in [0, 0.1) is 0 Å². The van der Waals surface area contributed by atoms with Gasteiger partial charge < -0.3 is 9.90 Å². The smallest absolute Gasteiger partial charge is 0.115 e. The third-order valence-electron chi connectivity index (χ3n) is 4.58. The summed E-state index contributed by atoms with van der Waals surface area (Å²) in [6, 6.07) is 33.6. The molecule has 3 aromatic carbocycles. The Balaban J connectivity index is 0.000000447. The molecule has 0 unspecified atom stereocenters. The Morgan fingerprint density at radius 2 is 1.00 bits per heavy atom. The van der Waals surface area contributed by atoms with Crippen LogP contribution in [0.15, 0.2) is 91.0 Å². The Morgan fingerprint density at radius 1 is 0.731 bits per heavy atom. The van der Waals surface area contributed by atoms with E-state index >= 15 is 0 Å². The Bertz CT molecular complexity index is 727. The van der Waals surface area contributed by atoms with Gasteiger partial charge >= 0.3 is 0 Å². The molecule has 1 aliphatic carbocycles. The molecular formula is C23H23O2P. The Morgan fingerprint density at radius 3 is 1.23 bits per heavy atom. The van der Waals surface area contributed by atoms with E-state index in [0.717, 1.165) is 12.6 Å². The van der Waals surface area contributed by atoms with Crippen LogP contribution in [0.2, 0.25) is 0 Å². The van der Waals surface area contributed by atoms with Crippen molar-refractivity contribution in [3.8, 4) is 0 Å². The van der Waals surface area contributed by atoms with Crippen molar-refractivity contribution in [1.82, 2.24) is 0 Å². The zero-order valence-corrected chi connectivity index (χ0v) is 15.8. The lowest BCUT2D eigenvalue weighted by atomic mass is 10.4. The van der Waals surface area contributed by atoms with Crippen molar-refractivity contribution in [2.75, 3.05) is 0 Å². The molecule has 3 heteroatoms. The van der Waals surface area contributed by atoms with Gasteiger partial charge in [-0.1, -0.05) is 54.6 Å². The van der Waals surface area contributed by atoms with Crippen molar-refractivity contribution in [3.63, 3.8) is 0 Å². The van der Waals surface area contributed by atoms with Gasteiger partial charge in [-0.3, -0.25) is 0 Å². The summed E-state index contributed by atoms with van der Waals surface area (Å²) in [6.45, 7) is 0.972.